The van der Waals surface area contributed by atoms with Gasteiger partial charge in [0.2, 0.25) is 0 Å². The predicted molar refractivity (Wildman–Crippen MR) is 165 cm³/mol. The minimum Gasteiger partial charge on any atom is -0.465 e. The van der Waals surface area contributed by atoms with Crippen LogP contribution in [0.5, 0.6) is 0 Å². The molecule has 0 bridgehead atoms. The average molecular weight is 549 g/mol. The molecular weight excluding hydrogens is 484 g/mol. The van der Waals surface area contributed by atoms with Crippen LogP contribution in [0.4, 0.5) is 0 Å². The zero-order chi connectivity index (χ0) is 28.2. The van der Waals surface area contributed by atoms with Gasteiger partial charge in [0.25, 0.3) is 0 Å². The third-order valence-electron chi connectivity index (χ3n) is 8.23. The van der Waals surface area contributed by atoms with Crippen LogP contribution >= 0.6 is 0 Å². The van der Waals surface area contributed by atoms with E-state index in [1.807, 2.05) is 12.2 Å². The van der Waals surface area contributed by atoms with Gasteiger partial charge in [0.1, 0.15) is 0 Å². The molecule has 0 aliphatic heterocycles. The molecule has 1 aliphatic rings. The van der Waals surface area contributed by atoms with Gasteiger partial charge >= 0.3 is 11.9 Å². The second kappa shape index (κ2) is 26.9. The molecule has 0 saturated heterocycles. The van der Waals surface area contributed by atoms with Crippen molar-refractivity contribution in [2.24, 2.45) is 11.8 Å². The van der Waals surface area contributed by atoms with Crippen LogP contribution in [0.3, 0.4) is 0 Å². The van der Waals surface area contributed by atoms with Gasteiger partial charge in [0, 0.05) is 0 Å². The van der Waals surface area contributed by atoms with Crippen LogP contribution in [0, 0.1) is 11.8 Å². The molecule has 0 radical (unpaired) electrons. The molecule has 2 unspecified atom stereocenters. The molecule has 0 aromatic heterocycles. The van der Waals surface area contributed by atoms with Gasteiger partial charge in [0.05, 0.1) is 25.0 Å². The first-order valence-corrected chi connectivity index (χ1v) is 17.2. The maximum absolute atomic E-state index is 12.7. The van der Waals surface area contributed by atoms with E-state index in [0.29, 0.717) is 19.6 Å². The van der Waals surface area contributed by atoms with E-state index in [1.54, 1.807) is 0 Å². The van der Waals surface area contributed by atoms with Crippen molar-refractivity contribution in [3.63, 3.8) is 0 Å². The number of carbonyl (C=O) groups excluding carboxylic acids is 2. The molecule has 4 heteroatoms. The Hall–Kier alpha value is -1.32. The average Bonchev–Trinajstić information content (AvgIpc) is 2.95. The van der Waals surface area contributed by atoms with Gasteiger partial charge in [-0.1, -0.05) is 161 Å². The molecule has 0 aromatic rings. The second-order valence-electron chi connectivity index (χ2n) is 11.9. The Kier molecular flexibility index (Phi) is 24.6. The van der Waals surface area contributed by atoms with E-state index in [2.05, 4.69) is 13.8 Å². The lowest BCUT2D eigenvalue weighted by atomic mass is 9.84. The van der Waals surface area contributed by atoms with Gasteiger partial charge in [-0.15, -0.1) is 0 Å². The number of allylic oxidation sites excluding steroid dienone is 1. The maximum Gasteiger partial charge on any atom is 0.313 e. The largest absolute Gasteiger partial charge is 0.465 e. The number of hydrogen-bond donors (Lipinski definition) is 0. The molecule has 1 aliphatic carbocycles. The van der Waals surface area contributed by atoms with E-state index in [4.69, 9.17) is 9.47 Å². The standard InChI is InChI=1S/C35H64O4/c1-3-5-7-9-11-13-15-17-19-21-23-27-31-39-35(37)33-29-25-24-28-32(33)34(36)38-30-26-22-20-18-16-14-12-10-8-6-4-2/h24,28,32-33H,3-23,25-27,29-31H2,1-2H3. The first-order chi connectivity index (χ1) is 19.2. The fourth-order valence-corrected chi connectivity index (χ4v) is 5.60. The number of hydrogen-bond acceptors (Lipinski definition) is 4. The van der Waals surface area contributed by atoms with Crippen LogP contribution in [-0.4, -0.2) is 25.2 Å². The smallest absolute Gasteiger partial charge is 0.313 e. The predicted octanol–water partition coefficient (Wildman–Crippen LogP) is 10.7. The quantitative estimate of drug-likeness (QED) is 0.0582. The lowest BCUT2D eigenvalue weighted by molar-refractivity contribution is -0.159. The van der Waals surface area contributed by atoms with E-state index < -0.39 is 11.8 Å². The van der Waals surface area contributed by atoms with Crippen molar-refractivity contribution in [3.8, 4) is 0 Å². The zero-order valence-corrected chi connectivity index (χ0v) is 26.0. The van der Waals surface area contributed by atoms with E-state index in [-0.39, 0.29) is 11.9 Å². The Labute approximate surface area is 242 Å². The molecule has 0 fully saturated rings. The molecule has 0 aromatic carbocycles. The molecule has 4 nitrogen and oxygen atoms in total. The van der Waals surface area contributed by atoms with Crippen LogP contribution in [0.1, 0.15) is 174 Å². The molecule has 0 heterocycles. The van der Waals surface area contributed by atoms with Crippen LogP contribution in [0.25, 0.3) is 0 Å². The summed E-state index contributed by atoms with van der Waals surface area (Å²) >= 11 is 0. The van der Waals surface area contributed by atoms with Crippen LogP contribution in [0.2, 0.25) is 0 Å². The Morgan fingerprint density at radius 2 is 0.897 bits per heavy atom. The van der Waals surface area contributed by atoms with Gasteiger partial charge in [-0.25, -0.2) is 0 Å². The van der Waals surface area contributed by atoms with E-state index in [9.17, 15) is 9.59 Å². The maximum atomic E-state index is 12.7. The highest BCUT2D eigenvalue weighted by molar-refractivity contribution is 5.83. The molecule has 2 atom stereocenters. The van der Waals surface area contributed by atoms with E-state index in [1.165, 1.54) is 122 Å². The summed E-state index contributed by atoms with van der Waals surface area (Å²) in [5.74, 6) is -1.36. The molecule has 0 amide bonds. The van der Waals surface area contributed by atoms with Crippen molar-refractivity contribution in [3.05, 3.63) is 12.2 Å². The van der Waals surface area contributed by atoms with Crippen molar-refractivity contribution < 1.29 is 19.1 Å². The molecule has 228 valence electrons. The summed E-state index contributed by atoms with van der Waals surface area (Å²) in [5, 5.41) is 0. The number of rotatable bonds is 27. The Bertz CT molecular complexity index is 599. The summed E-state index contributed by atoms with van der Waals surface area (Å²) in [4.78, 5) is 25.4. The first-order valence-electron chi connectivity index (χ1n) is 17.2. The minimum absolute atomic E-state index is 0.223. The van der Waals surface area contributed by atoms with Gasteiger partial charge in [0.15, 0.2) is 0 Å². The number of esters is 2. The van der Waals surface area contributed by atoms with Crippen molar-refractivity contribution in [1.82, 2.24) is 0 Å². The molecule has 0 spiro atoms. The van der Waals surface area contributed by atoms with Gasteiger partial charge < -0.3 is 9.47 Å². The number of ether oxygens (including phenoxy) is 2. The van der Waals surface area contributed by atoms with Crippen LogP contribution in [0.15, 0.2) is 12.2 Å². The van der Waals surface area contributed by atoms with Gasteiger partial charge in [-0.3, -0.25) is 9.59 Å². The SMILES string of the molecule is CCCCCCCCCCCCCCOC(=O)C1CCC=CC1C(=O)OCCCCCCCCCCCCC. The summed E-state index contributed by atoms with van der Waals surface area (Å²) in [5.41, 5.74) is 0. The molecule has 39 heavy (non-hydrogen) atoms. The number of unbranched alkanes of at least 4 members (excludes halogenated alkanes) is 21. The molecule has 1 rings (SSSR count). The minimum atomic E-state index is -0.485. The highest BCUT2D eigenvalue weighted by Gasteiger charge is 2.35. The van der Waals surface area contributed by atoms with Crippen molar-refractivity contribution in [1.29, 1.82) is 0 Å². The van der Waals surface area contributed by atoms with Crippen molar-refractivity contribution >= 4 is 11.9 Å². The molecule has 0 saturated carbocycles. The monoisotopic (exact) mass is 548 g/mol. The Morgan fingerprint density at radius 3 is 1.31 bits per heavy atom. The van der Waals surface area contributed by atoms with Crippen molar-refractivity contribution in [2.75, 3.05) is 13.2 Å². The van der Waals surface area contributed by atoms with Gasteiger partial charge in [-0.2, -0.15) is 0 Å². The molecule has 0 N–H and O–H groups in total. The summed E-state index contributed by atoms with van der Waals surface area (Å²) in [6, 6.07) is 0. The first kappa shape index (κ1) is 35.7. The highest BCUT2D eigenvalue weighted by atomic mass is 16.5. The lowest BCUT2D eigenvalue weighted by Crippen LogP contribution is -2.33. The van der Waals surface area contributed by atoms with Crippen LogP contribution < -0.4 is 0 Å². The summed E-state index contributed by atoms with van der Waals surface area (Å²) < 4.78 is 11.2. The van der Waals surface area contributed by atoms with Crippen LogP contribution in [-0.2, 0) is 19.1 Å². The van der Waals surface area contributed by atoms with Gasteiger partial charge in [-0.05, 0) is 25.7 Å². The highest BCUT2D eigenvalue weighted by Crippen LogP contribution is 2.27. The fourth-order valence-electron chi connectivity index (χ4n) is 5.60. The van der Waals surface area contributed by atoms with E-state index >= 15 is 0 Å². The summed E-state index contributed by atoms with van der Waals surface area (Å²) in [7, 11) is 0. The zero-order valence-electron chi connectivity index (χ0n) is 26.0. The third-order valence-corrected chi connectivity index (χ3v) is 8.23. The summed E-state index contributed by atoms with van der Waals surface area (Å²) in [6.07, 6.45) is 34.8. The lowest BCUT2D eigenvalue weighted by Gasteiger charge is -2.24. The Morgan fingerprint density at radius 1 is 0.538 bits per heavy atom. The molecular formula is C35H64O4. The van der Waals surface area contributed by atoms with Crippen molar-refractivity contribution in [2.45, 2.75) is 174 Å². The normalized spacial score (nSPS) is 16.9. The fraction of sp³-hybridized carbons (Fsp3) is 0.886. The van der Waals surface area contributed by atoms with E-state index in [0.717, 1.165) is 32.1 Å². The summed E-state index contributed by atoms with van der Waals surface area (Å²) in [6.45, 7) is 5.46. The Balaban J connectivity index is 2.05. The number of carbonyl (C=O) groups is 2. The third kappa shape index (κ3) is 20.2. The topological polar surface area (TPSA) is 52.6 Å². The second-order valence-corrected chi connectivity index (χ2v) is 11.9.